The minimum atomic E-state index is -0.0878. The topological polar surface area (TPSA) is 65.4 Å². The van der Waals surface area contributed by atoms with Gasteiger partial charge in [0.05, 0.1) is 24.9 Å². The maximum Gasteiger partial charge on any atom is 0.220 e. The fraction of sp³-hybridized carbons (Fsp3) is 0.684. The second-order valence-electron chi connectivity index (χ2n) is 6.96. The molecule has 2 unspecified atom stereocenters. The number of hydrogen-bond donors (Lipinski definition) is 1. The van der Waals surface area contributed by atoms with E-state index >= 15 is 0 Å². The Hall–Kier alpha value is -1.66. The van der Waals surface area contributed by atoms with Crippen molar-refractivity contribution in [2.45, 2.75) is 59.1 Å². The lowest BCUT2D eigenvalue weighted by Crippen LogP contribution is -2.50. The van der Waals surface area contributed by atoms with Gasteiger partial charge in [0.2, 0.25) is 5.91 Å². The number of carbonyl (C=O) groups is 1. The predicted octanol–water partition coefficient (Wildman–Crippen LogP) is 2.23. The van der Waals surface area contributed by atoms with Gasteiger partial charge in [0.25, 0.3) is 0 Å². The Kier molecular flexibility index (Phi) is 7.20. The molecule has 0 aromatic carbocycles. The van der Waals surface area contributed by atoms with Gasteiger partial charge in [0.1, 0.15) is 6.10 Å². The molecule has 2 atom stereocenters. The minimum Gasteiger partial charge on any atom is -0.379 e. The summed E-state index contributed by atoms with van der Waals surface area (Å²) in [5, 5.41) is 7.54. The maximum absolute atomic E-state index is 12.4. The SMILES string of the molecule is CC(C)=CCOC1COCCC1NC(=O)CCc1c(C)nn(C)c1C. The lowest BCUT2D eigenvalue weighted by Gasteiger charge is -2.32. The zero-order chi connectivity index (χ0) is 18.4. The van der Waals surface area contributed by atoms with E-state index in [9.17, 15) is 4.79 Å². The molecule has 1 fully saturated rings. The van der Waals surface area contributed by atoms with Crippen LogP contribution in [-0.2, 0) is 27.7 Å². The van der Waals surface area contributed by atoms with E-state index in [-0.39, 0.29) is 18.1 Å². The van der Waals surface area contributed by atoms with Crippen LogP contribution in [0, 0.1) is 13.8 Å². The number of allylic oxidation sites excluding steroid dienone is 1. The molecule has 2 rings (SSSR count). The molecule has 1 aromatic rings. The van der Waals surface area contributed by atoms with Crippen LogP contribution in [0.3, 0.4) is 0 Å². The second kappa shape index (κ2) is 9.15. The molecular weight excluding hydrogens is 318 g/mol. The highest BCUT2D eigenvalue weighted by Crippen LogP contribution is 2.15. The van der Waals surface area contributed by atoms with Crippen molar-refractivity contribution in [1.29, 1.82) is 0 Å². The molecule has 140 valence electrons. The summed E-state index contributed by atoms with van der Waals surface area (Å²) in [6.45, 7) is 9.86. The first-order valence-corrected chi connectivity index (χ1v) is 8.99. The summed E-state index contributed by atoms with van der Waals surface area (Å²) in [7, 11) is 1.93. The van der Waals surface area contributed by atoms with E-state index in [0.29, 0.717) is 32.7 Å². The van der Waals surface area contributed by atoms with Crippen molar-refractivity contribution in [2.24, 2.45) is 7.05 Å². The van der Waals surface area contributed by atoms with Gasteiger partial charge in [-0.05, 0) is 46.1 Å². The molecule has 0 saturated carbocycles. The van der Waals surface area contributed by atoms with Gasteiger partial charge in [-0.2, -0.15) is 5.10 Å². The number of aromatic nitrogens is 2. The van der Waals surface area contributed by atoms with Gasteiger partial charge in [-0.1, -0.05) is 11.6 Å². The van der Waals surface area contributed by atoms with Crippen LogP contribution in [0.1, 0.15) is 43.6 Å². The summed E-state index contributed by atoms with van der Waals surface area (Å²) in [5.41, 5.74) is 4.52. The van der Waals surface area contributed by atoms with Crippen molar-refractivity contribution in [3.8, 4) is 0 Å². The molecular formula is C19H31N3O3. The predicted molar refractivity (Wildman–Crippen MR) is 97.5 cm³/mol. The summed E-state index contributed by atoms with van der Waals surface area (Å²) >= 11 is 0. The highest BCUT2D eigenvalue weighted by atomic mass is 16.5. The van der Waals surface area contributed by atoms with Gasteiger partial charge < -0.3 is 14.8 Å². The van der Waals surface area contributed by atoms with Crippen LogP contribution < -0.4 is 5.32 Å². The first-order valence-electron chi connectivity index (χ1n) is 8.99. The van der Waals surface area contributed by atoms with Crippen LogP contribution in [0.25, 0.3) is 0 Å². The third-order valence-electron chi connectivity index (χ3n) is 4.71. The van der Waals surface area contributed by atoms with Gasteiger partial charge in [-0.25, -0.2) is 0 Å². The summed E-state index contributed by atoms with van der Waals surface area (Å²) in [5.74, 6) is 0.0605. The Labute approximate surface area is 150 Å². The van der Waals surface area contributed by atoms with E-state index in [1.165, 1.54) is 11.1 Å². The van der Waals surface area contributed by atoms with Crippen LogP contribution in [0.2, 0.25) is 0 Å². The van der Waals surface area contributed by atoms with E-state index in [2.05, 4.69) is 10.4 Å². The van der Waals surface area contributed by atoms with Crippen LogP contribution in [0.5, 0.6) is 0 Å². The van der Waals surface area contributed by atoms with Crippen molar-refractivity contribution in [3.05, 3.63) is 28.6 Å². The number of rotatable bonds is 7. The standard InChI is InChI=1S/C19H31N3O3/c1-13(2)8-11-25-18-12-24-10-9-17(18)20-19(23)7-6-16-14(3)21-22(5)15(16)4/h8,17-18H,6-7,9-12H2,1-5H3,(H,20,23). The Morgan fingerprint density at radius 3 is 2.84 bits per heavy atom. The lowest BCUT2D eigenvalue weighted by atomic mass is 10.0. The maximum atomic E-state index is 12.4. The number of nitrogens with one attached hydrogen (secondary N) is 1. The zero-order valence-corrected chi connectivity index (χ0v) is 16.1. The molecule has 6 nitrogen and oxygen atoms in total. The van der Waals surface area contributed by atoms with Crippen molar-refractivity contribution in [3.63, 3.8) is 0 Å². The van der Waals surface area contributed by atoms with Crippen molar-refractivity contribution in [1.82, 2.24) is 15.1 Å². The Bertz CT molecular complexity index is 618. The summed E-state index contributed by atoms with van der Waals surface area (Å²) in [6.07, 6.45) is 3.92. The quantitative estimate of drug-likeness (QED) is 0.767. The van der Waals surface area contributed by atoms with Gasteiger partial charge >= 0.3 is 0 Å². The van der Waals surface area contributed by atoms with Crippen LogP contribution in [0.4, 0.5) is 0 Å². The monoisotopic (exact) mass is 349 g/mol. The summed E-state index contributed by atoms with van der Waals surface area (Å²) < 4.78 is 13.3. The van der Waals surface area contributed by atoms with Gasteiger partial charge in [-0.15, -0.1) is 0 Å². The van der Waals surface area contributed by atoms with Crippen molar-refractivity contribution >= 4 is 5.91 Å². The Morgan fingerprint density at radius 1 is 1.44 bits per heavy atom. The lowest BCUT2D eigenvalue weighted by molar-refractivity contribution is -0.125. The fourth-order valence-electron chi connectivity index (χ4n) is 3.08. The molecule has 1 aliphatic heterocycles. The average molecular weight is 349 g/mol. The first kappa shape index (κ1) is 19.7. The minimum absolute atomic E-state index is 0.0166. The Balaban J connectivity index is 1.85. The largest absolute Gasteiger partial charge is 0.379 e. The summed E-state index contributed by atoms with van der Waals surface area (Å²) in [6, 6.07) is 0.0166. The molecule has 0 bridgehead atoms. The number of nitrogens with zero attached hydrogens (tertiary/aromatic N) is 2. The molecule has 0 aliphatic carbocycles. The first-order chi connectivity index (χ1) is 11.9. The van der Waals surface area contributed by atoms with Gasteiger partial charge in [0, 0.05) is 25.8 Å². The zero-order valence-electron chi connectivity index (χ0n) is 16.1. The van der Waals surface area contributed by atoms with Crippen LogP contribution in [-0.4, -0.2) is 47.7 Å². The smallest absolute Gasteiger partial charge is 0.220 e. The van der Waals surface area contributed by atoms with E-state index in [4.69, 9.17) is 9.47 Å². The summed E-state index contributed by atoms with van der Waals surface area (Å²) in [4.78, 5) is 12.4. The fourth-order valence-corrected chi connectivity index (χ4v) is 3.08. The van der Waals surface area contributed by atoms with Crippen molar-refractivity contribution < 1.29 is 14.3 Å². The van der Waals surface area contributed by atoms with Gasteiger partial charge in [0.15, 0.2) is 0 Å². The van der Waals surface area contributed by atoms with E-state index in [1.54, 1.807) is 0 Å². The highest BCUT2D eigenvalue weighted by Gasteiger charge is 2.27. The van der Waals surface area contributed by atoms with Crippen LogP contribution in [0.15, 0.2) is 11.6 Å². The molecule has 2 heterocycles. The molecule has 1 saturated heterocycles. The third-order valence-corrected chi connectivity index (χ3v) is 4.71. The number of aryl methyl sites for hydroxylation is 2. The normalized spacial score (nSPS) is 20.4. The van der Waals surface area contributed by atoms with E-state index in [0.717, 1.165) is 17.8 Å². The number of amides is 1. The molecule has 0 radical (unpaired) electrons. The van der Waals surface area contributed by atoms with E-state index < -0.39 is 0 Å². The average Bonchev–Trinajstić information content (AvgIpc) is 2.79. The molecule has 1 amide bonds. The number of ether oxygens (including phenoxy) is 2. The molecule has 6 heteroatoms. The molecule has 0 spiro atoms. The number of carbonyl (C=O) groups excluding carboxylic acids is 1. The molecule has 1 aliphatic rings. The third kappa shape index (κ3) is 5.68. The van der Waals surface area contributed by atoms with Crippen molar-refractivity contribution in [2.75, 3.05) is 19.8 Å². The highest BCUT2D eigenvalue weighted by molar-refractivity contribution is 5.76. The van der Waals surface area contributed by atoms with Crippen LogP contribution >= 0.6 is 0 Å². The molecule has 1 N–H and O–H groups in total. The van der Waals surface area contributed by atoms with E-state index in [1.807, 2.05) is 45.5 Å². The van der Waals surface area contributed by atoms with Gasteiger partial charge in [-0.3, -0.25) is 9.48 Å². The molecule has 1 aromatic heterocycles. The molecule has 25 heavy (non-hydrogen) atoms. The second-order valence-corrected chi connectivity index (χ2v) is 6.96. The Morgan fingerprint density at radius 2 is 2.20 bits per heavy atom. The number of hydrogen-bond acceptors (Lipinski definition) is 4.